The van der Waals surface area contributed by atoms with Gasteiger partial charge >= 0.3 is 0 Å². The first-order chi connectivity index (χ1) is 11.2. The predicted molar refractivity (Wildman–Crippen MR) is 78.4 cm³/mol. The molecule has 0 aromatic carbocycles. The Morgan fingerprint density at radius 2 is 1.79 bits per heavy atom. The molecule has 1 aromatic rings. The van der Waals surface area contributed by atoms with E-state index in [2.05, 4.69) is 10.4 Å². The van der Waals surface area contributed by atoms with Gasteiger partial charge in [-0.25, -0.2) is 17.6 Å². The van der Waals surface area contributed by atoms with Crippen molar-refractivity contribution in [3.63, 3.8) is 0 Å². The van der Waals surface area contributed by atoms with Gasteiger partial charge in [0, 0.05) is 37.8 Å². The number of anilines is 1. The molecule has 132 valence electrons. The molecule has 0 spiro atoms. The molecular weight excluding hydrogens is 326 g/mol. The SMILES string of the molecule is Cn1nc(C2CC(F)(F)C2)c(C2CCC2)c1NC(=O)[C@@H]1CC1(F)F. The molecule has 24 heavy (non-hydrogen) atoms. The fourth-order valence-electron chi connectivity index (χ4n) is 3.67. The van der Waals surface area contributed by atoms with E-state index in [1.54, 1.807) is 7.05 Å². The number of nitrogens with zero attached hydrogens (tertiary/aromatic N) is 2. The molecule has 0 bridgehead atoms. The van der Waals surface area contributed by atoms with E-state index in [0.717, 1.165) is 24.8 Å². The van der Waals surface area contributed by atoms with Crippen LogP contribution in [0.3, 0.4) is 0 Å². The summed E-state index contributed by atoms with van der Waals surface area (Å²) in [5.74, 6) is -7.35. The fraction of sp³-hybridized carbons (Fsp3) is 0.750. The number of rotatable bonds is 4. The Kier molecular flexibility index (Phi) is 3.28. The lowest BCUT2D eigenvalue weighted by molar-refractivity contribution is -0.119. The Hall–Kier alpha value is -1.60. The van der Waals surface area contributed by atoms with Gasteiger partial charge in [0.2, 0.25) is 11.8 Å². The van der Waals surface area contributed by atoms with Crippen LogP contribution in [0.25, 0.3) is 0 Å². The highest BCUT2D eigenvalue weighted by Crippen LogP contribution is 2.53. The Labute approximate surface area is 136 Å². The van der Waals surface area contributed by atoms with Crippen molar-refractivity contribution in [2.75, 3.05) is 5.32 Å². The van der Waals surface area contributed by atoms with Gasteiger partial charge in [-0.1, -0.05) is 6.42 Å². The van der Waals surface area contributed by atoms with Gasteiger partial charge in [-0.2, -0.15) is 5.10 Å². The van der Waals surface area contributed by atoms with Gasteiger partial charge in [-0.3, -0.25) is 9.48 Å². The summed E-state index contributed by atoms with van der Waals surface area (Å²) in [5.41, 5.74) is 1.38. The quantitative estimate of drug-likeness (QED) is 0.844. The van der Waals surface area contributed by atoms with Crippen molar-refractivity contribution < 1.29 is 22.4 Å². The maximum absolute atomic E-state index is 13.2. The average Bonchev–Trinajstić information content (AvgIpc) is 2.93. The summed E-state index contributed by atoms with van der Waals surface area (Å²) in [4.78, 5) is 12.0. The molecule has 1 N–H and O–H groups in total. The summed E-state index contributed by atoms with van der Waals surface area (Å²) < 4.78 is 54.1. The van der Waals surface area contributed by atoms with E-state index in [1.165, 1.54) is 4.68 Å². The first-order valence-corrected chi connectivity index (χ1v) is 8.31. The molecule has 3 aliphatic rings. The van der Waals surface area contributed by atoms with E-state index < -0.39 is 30.1 Å². The lowest BCUT2D eigenvalue weighted by Crippen LogP contribution is -2.34. The summed E-state index contributed by atoms with van der Waals surface area (Å²) >= 11 is 0. The molecule has 1 aromatic heterocycles. The number of halogens is 4. The monoisotopic (exact) mass is 345 g/mol. The summed E-state index contributed by atoms with van der Waals surface area (Å²) in [5, 5.41) is 6.94. The van der Waals surface area contributed by atoms with E-state index >= 15 is 0 Å². The highest BCUT2D eigenvalue weighted by molar-refractivity contribution is 5.95. The Balaban J connectivity index is 1.61. The molecule has 3 aliphatic carbocycles. The van der Waals surface area contributed by atoms with Crippen molar-refractivity contribution in [2.45, 2.75) is 62.2 Å². The number of carbonyl (C=O) groups excluding carboxylic acids is 1. The number of carbonyl (C=O) groups is 1. The van der Waals surface area contributed by atoms with Gasteiger partial charge in [-0.05, 0) is 18.8 Å². The van der Waals surface area contributed by atoms with E-state index in [-0.39, 0.29) is 24.7 Å². The molecule has 0 unspecified atom stereocenters. The van der Waals surface area contributed by atoms with Crippen molar-refractivity contribution in [2.24, 2.45) is 13.0 Å². The number of aromatic nitrogens is 2. The van der Waals surface area contributed by atoms with Crippen molar-refractivity contribution in [1.29, 1.82) is 0 Å². The third-order valence-electron chi connectivity index (χ3n) is 5.49. The first-order valence-electron chi connectivity index (χ1n) is 8.31. The highest BCUT2D eigenvalue weighted by atomic mass is 19.3. The van der Waals surface area contributed by atoms with Crippen molar-refractivity contribution in [3.05, 3.63) is 11.3 Å². The third-order valence-corrected chi connectivity index (χ3v) is 5.49. The van der Waals surface area contributed by atoms with Crippen LogP contribution in [0.2, 0.25) is 0 Å². The molecule has 0 aliphatic heterocycles. The largest absolute Gasteiger partial charge is 0.310 e. The Bertz CT molecular complexity index is 688. The van der Waals surface area contributed by atoms with E-state index in [9.17, 15) is 22.4 Å². The minimum absolute atomic E-state index is 0.165. The molecule has 1 heterocycles. The molecule has 0 radical (unpaired) electrons. The van der Waals surface area contributed by atoms with Crippen molar-refractivity contribution >= 4 is 11.7 Å². The fourth-order valence-corrected chi connectivity index (χ4v) is 3.67. The third kappa shape index (κ3) is 2.50. The zero-order valence-electron chi connectivity index (χ0n) is 13.3. The molecule has 4 nitrogen and oxygen atoms in total. The summed E-state index contributed by atoms with van der Waals surface area (Å²) in [6.45, 7) is 0. The van der Waals surface area contributed by atoms with Gasteiger partial charge < -0.3 is 5.32 Å². The molecule has 4 rings (SSSR count). The number of hydrogen-bond acceptors (Lipinski definition) is 2. The van der Waals surface area contributed by atoms with Crippen LogP contribution in [0, 0.1) is 5.92 Å². The van der Waals surface area contributed by atoms with Crippen molar-refractivity contribution in [1.82, 2.24) is 9.78 Å². The van der Waals surface area contributed by atoms with Crippen LogP contribution < -0.4 is 5.32 Å². The van der Waals surface area contributed by atoms with E-state index in [1.807, 2.05) is 0 Å². The maximum Gasteiger partial charge on any atom is 0.260 e. The first kappa shape index (κ1) is 15.9. The summed E-state index contributed by atoms with van der Waals surface area (Å²) in [6, 6.07) is 0. The van der Waals surface area contributed by atoms with Gasteiger partial charge in [0.1, 0.15) is 11.7 Å². The smallest absolute Gasteiger partial charge is 0.260 e. The lowest BCUT2D eigenvalue weighted by Gasteiger charge is -2.36. The second kappa shape index (κ2) is 4.95. The predicted octanol–water partition coefficient (Wildman–Crippen LogP) is 3.79. The van der Waals surface area contributed by atoms with Gasteiger partial charge in [-0.15, -0.1) is 0 Å². The Morgan fingerprint density at radius 1 is 1.17 bits per heavy atom. The molecule has 3 fully saturated rings. The normalized spacial score (nSPS) is 28.1. The molecule has 1 atom stereocenters. The van der Waals surface area contributed by atoms with Crippen molar-refractivity contribution in [3.8, 4) is 0 Å². The molecule has 1 amide bonds. The zero-order valence-corrected chi connectivity index (χ0v) is 13.3. The van der Waals surface area contributed by atoms with Gasteiger partial charge in [0.25, 0.3) is 5.92 Å². The summed E-state index contributed by atoms with van der Waals surface area (Å²) in [7, 11) is 1.61. The van der Waals surface area contributed by atoms with Crippen LogP contribution in [0.5, 0.6) is 0 Å². The minimum atomic E-state index is -2.93. The molecular formula is C16H19F4N3O. The topological polar surface area (TPSA) is 46.9 Å². The second-order valence-electron chi connectivity index (χ2n) is 7.37. The summed E-state index contributed by atoms with van der Waals surface area (Å²) in [6.07, 6.45) is 1.94. The maximum atomic E-state index is 13.2. The van der Waals surface area contributed by atoms with E-state index in [4.69, 9.17) is 0 Å². The number of amides is 1. The van der Waals surface area contributed by atoms with Crippen LogP contribution in [0.4, 0.5) is 23.4 Å². The standard InChI is InChI=1S/C16H19F4N3O/c1-23-13(21-14(24)10-7-16(10,19)20)11(8-3-2-4-8)12(22-23)9-5-15(17,18)6-9/h8-10H,2-7H2,1H3,(H,21,24)/t10-/m0/s1. The van der Waals surface area contributed by atoms with E-state index in [0.29, 0.717) is 11.5 Å². The number of hydrogen-bond donors (Lipinski definition) is 1. The second-order valence-corrected chi connectivity index (χ2v) is 7.37. The van der Waals surface area contributed by atoms with Crippen LogP contribution in [-0.4, -0.2) is 27.5 Å². The number of alkyl halides is 4. The molecule has 0 saturated heterocycles. The number of nitrogens with one attached hydrogen (secondary N) is 1. The molecule has 3 saturated carbocycles. The van der Waals surface area contributed by atoms with Gasteiger partial charge in [0.15, 0.2) is 0 Å². The Morgan fingerprint density at radius 3 is 2.25 bits per heavy atom. The van der Waals surface area contributed by atoms with Crippen LogP contribution in [0.15, 0.2) is 0 Å². The zero-order chi connectivity index (χ0) is 17.3. The molecule has 8 heteroatoms. The minimum Gasteiger partial charge on any atom is -0.310 e. The lowest BCUT2D eigenvalue weighted by atomic mass is 9.73. The average molecular weight is 345 g/mol. The van der Waals surface area contributed by atoms with Gasteiger partial charge in [0.05, 0.1) is 5.69 Å². The van der Waals surface area contributed by atoms with Crippen LogP contribution >= 0.6 is 0 Å². The number of aryl methyl sites for hydroxylation is 1. The highest BCUT2D eigenvalue weighted by Gasteiger charge is 2.61. The van der Waals surface area contributed by atoms with Crippen LogP contribution in [0.1, 0.15) is 61.6 Å². The van der Waals surface area contributed by atoms with Crippen LogP contribution in [-0.2, 0) is 11.8 Å².